The fourth-order valence-corrected chi connectivity index (χ4v) is 4.36. The molecule has 21 heavy (non-hydrogen) atoms. The predicted molar refractivity (Wildman–Crippen MR) is 80.4 cm³/mol. The van der Waals surface area contributed by atoms with Crippen LogP contribution in [0.4, 0.5) is 0 Å². The van der Waals surface area contributed by atoms with E-state index in [1.54, 1.807) is 0 Å². The van der Waals surface area contributed by atoms with Gasteiger partial charge in [-0.15, -0.1) is 0 Å². The third kappa shape index (κ3) is 2.80. The van der Waals surface area contributed by atoms with E-state index in [-0.39, 0.29) is 23.3 Å². The Hall–Kier alpha value is -1.10. The molecule has 0 spiro atoms. The molecule has 118 valence electrons. The van der Waals surface area contributed by atoms with E-state index < -0.39 is 0 Å². The van der Waals surface area contributed by atoms with Gasteiger partial charge in [-0.3, -0.25) is 9.59 Å². The van der Waals surface area contributed by atoms with E-state index >= 15 is 0 Å². The summed E-state index contributed by atoms with van der Waals surface area (Å²) in [6.45, 7) is 2.04. The van der Waals surface area contributed by atoms with Gasteiger partial charge in [0.05, 0.1) is 5.41 Å². The van der Waals surface area contributed by atoms with Crippen LogP contribution >= 0.6 is 0 Å². The van der Waals surface area contributed by atoms with E-state index in [0.717, 1.165) is 51.6 Å². The number of nitrogens with one attached hydrogen (secondary N) is 1. The summed E-state index contributed by atoms with van der Waals surface area (Å²) in [7, 11) is 0. The minimum absolute atomic E-state index is 0.168. The summed E-state index contributed by atoms with van der Waals surface area (Å²) >= 11 is 0. The molecule has 5 nitrogen and oxygen atoms in total. The fourth-order valence-electron chi connectivity index (χ4n) is 4.36. The number of nitrogens with two attached hydrogens (primary N) is 1. The highest BCUT2D eigenvalue weighted by Crippen LogP contribution is 2.38. The van der Waals surface area contributed by atoms with Crippen molar-refractivity contribution in [2.75, 3.05) is 19.6 Å². The monoisotopic (exact) mass is 293 g/mol. The molecule has 2 atom stereocenters. The number of piperidine rings is 2. The highest BCUT2D eigenvalue weighted by atomic mass is 16.2. The Labute approximate surface area is 126 Å². The van der Waals surface area contributed by atoms with Gasteiger partial charge in [-0.1, -0.05) is 19.3 Å². The Kier molecular flexibility index (Phi) is 4.20. The van der Waals surface area contributed by atoms with Crippen LogP contribution in [0.5, 0.6) is 0 Å². The molecule has 0 bridgehead atoms. The maximum absolute atomic E-state index is 13.0. The minimum Gasteiger partial charge on any atom is -0.353 e. The Balaban J connectivity index is 1.67. The lowest BCUT2D eigenvalue weighted by Gasteiger charge is -2.45. The largest absolute Gasteiger partial charge is 0.353 e. The molecule has 2 unspecified atom stereocenters. The molecule has 0 radical (unpaired) electrons. The van der Waals surface area contributed by atoms with E-state index in [0.29, 0.717) is 18.9 Å². The molecule has 0 aromatic carbocycles. The number of likely N-dealkylation sites (tertiary alicyclic amines) is 1. The van der Waals surface area contributed by atoms with Crippen LogP contribution in [0.1, 0.15) is 51.4 Å². The van der Waals surface area contributed by atoms with Crippen LogP contribution in [0.2, 0.25) is 0 Å². The minimum atomic E-state index is -0.303. The van der Waals surface area contributed by atoms with Crippen LogP contribution in [-0.2, 0) is 9.59 Å². The van der Waals surface area contributed by atoms with E-state index in [1.165, 1.54) is 6.42 Å². The first kappa shape index (κ1) is 14.8. The molecule has 0 aromatic heterocycles. The predicted octanol–water partition coefficient (Wildman–Crippen LogP) is 1.02. The van der Waals surface area contributed by atoms with Crippen molar-refractivity contribution in [2.24, 2.45) is 17.1 Å². The second-order valence-corrected chi connectivity index (χ2v) is 7.06. The maximum atomic E-state index is 13.0. The third-order valence-electron chi connectivity index (χ3n) is 5.76. The molecule has 1 aliphatic carbocycles. The number of hydrogen-bond acceptors (Lipinski definition) is 3. The second-order valence-electron chi connectivity index (χ2n) is 7.06. The topological polar surface area (TPSA) is 75.4 Å². The Morgan fingerprint density at radius 1 is 1.29 bits per heavy atom. The lowest BCUT2D eigenvalue weighted by molar-refractivity contribution is -0.146. The van der Waals surface area contributed by atoms with Crippen LogP contribution in [0.3, 0.4) is 0 Å². The molecular formula is C16H27N3O2. The van der Waals surface area contributed by atoms with Crippen molar-refractivity contribution >= 4 is 11.8 Å². The summed E-state index contributed by atoms with van der Waals surface area (Å²) in [4.78, 5) is 26.5. The summed E-state index contributed by atoms with van der Waals surface area (Å²) in [6.07, 6.45) is 7.78. The number of nitrogens with zero attached hydrogens (tertiary/aromatic N) is 1. The average molecular weight is 293 g/mol. The highest BCUT2D eigenvalue weighted by Gasteiger charge is 2.43. The normalized spacial score (nSPS) is 32.2. The average Bonchev–Trinajstić information content (AvgIpc) is 2.54. The quantitative estimate of drug-likeness (QED) is 0.798. The van der Waals surface area contributed by atoms with Crippen molar-refractivity contribution in [3.05, 3.63) is 0 Å². The number of amides is 2. The molecule has 1 saturated carbocycles. The maximum Gasteiger partial charge on any atom is 0.230 e. The Bertz CT molecular complexity index is 418. The molecule has 3 fully saturated rings. The van der Waals surface area contributed by atoms with Gasteiger partial charge >= 0.3 is 0 Å². The molecule has 5 heteroatoms. The molecule has 3 N–H and O–H groups in total. The van der Waals surface area contributed by atoms with Gasteiger partial charge in [-0.2, -0.15) is 0 Å². The van der Waals surface area contributed by atoms with E-state index in [9.17, 15) is 9.59 Å². The second kappa shape index (κ2) is 5.95. The van der Waals surface area contributed by atoms with Gasteiger partial charge in [0.1, 0.15) is 0 Å². The first-order valence-electron chi connectivity index (χ1n) is 8.43. The smallest absolute Gasteiger partial charge is 0.230 e. The van der Waals surface area contributed by atoms with Gasteiger partial charge < -0.3 is 16.0 Å². The molecule has 3 aliphatic rings. The van der Waals surface area contributed by atoms with E-state index in [2.05, 4.69) is 5.32 Å². The third-order valence-corrected chi connectivity index (χ3v) is 5.76. The first-order chi connectivity index (χ1) is 10.1. The van der Waals surface area contributed by atoms with Crippen molar-refractivity contribution in [1.82, 2.24) is 10.2 Å². The molecule has 2 amide bonds. The summed E-state index contributed by atoms with van der Waals surface area (Å²) in [5, 5.41) is 3.08. The fraction of sp³-hybridized carbons (Fsp3) is 0.875. The number of carbonyl (C=O) groups is 2. The molecule has 3 rings (SSSR count). The van der Waals surface area contributed by atoms with Crippen molar-refractivity contribution in [2.45, 2.75) is 57.4 Å². The number of fused-ring (bicyclic) bond motifs is 1. The van der Waals surface area contributed by atoms with Crippen molar-refractivity contribution < 1.29 is 9.59 Å². The van der Waals surface area contributed by atoms with Crippen LogP contribution < -0.4 is 11.1 Å². The van der Waals surface area contributed by atoms with Crippen molar-refractivity contribution in [3.63, 3.8) is 0 Å². The molecule has 2 aliphatic heterocycles. The summed E-state index contributed by atoms with van der Waals surface area (Å²) < 4.78 is 0. The zero-order valence-corrected chi connectivity index (χ0v) is 12.8. The zero-order valence-electron chi connectivity index (χ0n) is 12.8. The molecular weight excluding hydrogens is 266 g/mol. The molecule has 0 aromatic rings. The lowest BCUT2D eigenvalue weighted by Crippen LogP contribution is -2.58. The van der Waals surface area contributed by atoms with Gasteiger partial charge in [0, 0.05) is 32.1 Å². The van der Waals surface area contributed by atoms with Gasteiger partial charge in [-0.05, 0) is 31.6 Å². The SMILES string of the molecule is NCC1(C(=O)N2CCC3NC(=O)CCC3C2)CCCCC1. The zero-order chi connectivity index (χ0) is 14.9. The van der Waals surface area contributed by atoms with Gasteiger partial charge in [0.25, 0.3) is 0 Å². The number of rotatable bonds is 2. The van der Waals surface area contributed by atoms with Crippen LogP contribution in [0.15, 0.2) is 0 Å². The van der Waals surface area contributed by atoms with E-state index in [1.807, 2.05) is 4.90 Å². The highest BCUT2D eigenvalue weighted by molar-refractivity contribution is 5.83. The van der Waals surface area contributed by atoms with Crippen LogP contribution in [0.25, 0.3) is 0 Å². The first-order valence-corrected chi connectivity index (χ1v) is 8.43. The van der Waals surface area contributed by atoms with Gasteiger partial charge in [0.15, 0.2) is 0 Å². The lowest BCUT2D eigenvalue weighted by atomic mass is 9.72. The summed E-state index contributed by atoms with van der Waals surface area (Å²) in [6, 6.07) is 0.274. The molecule has 2 saturated heterocycles. The van der Waals surface area contributed by atoms with Crippen LogP contribution in [-0.4, -0.2) is 42.4 Å². The molecule has 2 heterocycles. The van der Waals surface area contributed by atoms with Crippen LogP contribution in [0, 0.1) is 11.3 Å². The van der Waals surface area contributed by atoms with Crippen molar-refractivity contribution in [3.8, 4) is 0 Å². The standard InChI is InChI=1S/C16H27N3O2/c17-11-16(7-2-1-3-8-16)15(21)19-9-6-13-12(10-19)4-5-14(20)18-13/h12-13H,1-11,17H2,(H,18,20). The summed E-state index contributed by atoms with van der Waals surface area (Å²) in [5.74, 6) is 0.876. The van der Waals surface area contributed by atoms with Gasteiger partial charge in [-0.25, -0.2) is 0 Å². The number of carbonyl (C=O) groups excluding carboxylic acids is 2. The van der Waals surface area contributed by atoms with Gasteiger partial charge in [0.2, 0.25) is 11.8 Å². The Morgan fingerprint density at radius 3 is 2.76 bits per heavy atom. The Morgan fingerprint density at radius 2 is 2.05 bits per heavy atom. The summed E-state index contributed by atoms with van der Waals surface area (Å²) in [5.41, 5.74) is 5.69. The number of hydrogen-bond donors (Lipinski definition) is 2. The van der Waals surface area contributed by atoms with E-state index in [4.69, 9.17) is 5.73 Å². The van der Waals surface area contributed by atoms with Crippen molar-refractivity contribution in [1.29, 1.82) is 0 Å².